The van der Waals surface area contributed by atoms with Gasteiger partial charge in [-0.15, -0.1) is 5.10 Å². The minimum Gasteiger partial charge on any atom is -0.325 e. The van der Waals surface area contributed by atoms with Crippen LogP contribution in [0, 0.1) is 0 Å². The fourth-order valence-electron chi connectivity index (χ4n) is 4.26. The molecule has 1 aliphatic rings. The lowest BCUT2D eigenvalue weighted by Gasteiger charge is -2.21. The molecule has 2 aromatic carbocycles. The van der Waals surface area contributed by atoms with Gasteiger partial charge in [0.1, 0.15) is 17.9 Å². The third-order valence-electron chi connectivity index (χ3n) is 5.78. The molecule has 2 aromatic heterocycles. The van der Waals surface area contributed by atoms with Crippen LogP contribution in [0.25, 0.3) is 22.1 Å². The number of nitrogens with zero attached hydrogens (tertiary/aromatic N) is 6. The minimum absolute atomic E-state index is 0.634. The van der Waals surface area contributed by atoms with Crippen LogP contribution in [-0.2, 0) is 13.1 Å². The van der Waals surface area contributed by atoms with Crippen LogP contribution >= 0.6 is 0 Å². The van der Waals surface area contributed by atoms with E-state index < -0.39 is 0 Å². The highest BCUT2D eigenvalue weighted by Gasteiger charge is 2.15. The molecule has 0 atom stereocenters. The van der Waals surface area contributed by atoms with Gasteiger partial charge < -0.3 is 9.47 Å². The van der Waals surface area contributed by atoms with E-state index in [1.54, 1.807) is 0 Å². The summed E-state index contributed by atoms with van der Waals surface area (Å²) >= 11 is 0. The topological polar surface area (TPSA) is 51.8 Å². The number of imidazole rings is 1. The molecular weight excluding hydrogens is 348 g/mol. The van der Waals surface area contributed by atoms with Crippen LogP contribution in [0.1, 0.15) is 31.5 Å². The number of fused-ring (bicyclic) bond motifs is 2. The average Bonchev–Trinajstić information content (AvgIpc) is 3.18. The van der Waals surface area contributed by atoms with Gasteiger partial charge >= 0.3 is 0 Å². The highest BCUT2D eigenvalue weighted by atomic mass is 15.4. The molecule has 0 unspecified atom stereocenters. The van der Waals surface area contributed by atoms with Crippen molar-refractivity contribution in [3.05, 3.63) is 54.4 Å². The molecule has 1 saturated heterocycles. The Morgan fingerprint density at radius 1 is 0.750 bits per heavy atom. The van der Waals surface area contributed by atoms with Crippen LogP contribution in [0.2, 0.25) is 0 Å². The Labute approximate surface area is 164 Å². The zero-order valence-electron chi connectivity index (χ0n) is 16.2. The largest absolute Gasteiger partial charge is 0.325 e. The molecule has 0 N–H and O–H groups in total. The Hall–Kier alpha value is -2.73. The molecule has 0 saturated carbocycles. The third-order valence-corrected chi connectivity index (χ3v) is 5.78. The monoisotopic (exact) mass is 374 g/mol. The van der Waals surface area contributed by atoms with Crippen LogP contribution in [0.4, 0.5) is 0 Å². The van der Waals surface area contributed by atoms with Crippen molar-refractivity contribution in [1.82, 2.24) is 29.4 Å². The van der Waals surface area contributed by atoms with Crippen molar-refractivity contribution in [2.45, 2.75) is 38.8 Å². The molecule has 144 valence electrons. The number of likely N-dealkylation sites (tertiary alicyclic amines) is 1. The van der Waals surface area contributed by atoms with E-state index in [9.17, 15) is 0 Å². The van der Waals surface area contributed by atoms with E-state index in [0.29, 0.717) is 6.54 Å². The van der Waals surface area contributed by atoms with E-state index in [2.05, 4.69) is 50.1 Å². The van der Waals surface area contributed by atoms with Crippen molar-refractivity contribution in [3.8, 4) is 0 Å². The standard InChI is InChI=1S/C22H26N6/c1-2-8-14-26(13-7-1)15-16-27-20-11-5-3-9-18(20)23-22(27)17-28-21-12-6-4-10-19(21)24-25-28/h3-6,9-12H,1-2,7-8,13-17H2. The summed E-state index contributed by atoms with van der Waals surface area (Å²) in [5.74, 6) is 1.05. The second kappa shape index (κ2) is 7.72. The van der Waals surface area contributed by atoms with Gasteiger partial charge in [-0.3, -0.25) is 0 Å². The van der Waals surface area contributed by atoms with Gasteiger partial charge in [-0.05, 0) is 50.2 Å². The van der Waals surface area contributed by atoms with Crippen molar-refractivity contribution in [2.75, 3.05) is 19.6 Å². The number of hydrogen-bond donors (Lipinski definition) is 0. The summed E-state index contributed by atoms with van der Waals surface area (Å²) in [5.41, 5.74) is 4.23. The summed E-state index contributed by atoms with van der Waals surface area (Å²) in [6, 6.07) is 16.5. The fourth-order valence-corrected chi connectivity index (χ4v) is 4.26. The summed E-state index contributed by atoms with van der Waals surface area (Å²) in [6.45, 7) is 5.11. The quantitative estimate of drug-likeness (QED) is 0.534. The zero-order valence-corrected chi connectivity index (χ0v) is 16.2. The molecule has 0 aliphatic carbocycles. The fraction of sp³-hybridized carbons (Fsp3) is 0.409. The van der Waals surface area contributed by atoms with E-state index >= 15 is 0 Å². The number of benzene rings is 2. The van der Waals surface area contributed by atoms with Gasteiger partial charge in [0, 0.05) is 13.1 Å². The Morgan fingerprint density at radius 2 is 1.46 bits per heavy atom. The molecule has 0 radical (unpaired) electrons. The van der Waals surface area contributed by atoms with Crippen LogP contribution < -0.4 is 0 Å². The maximum atomic E-state index is 4.93. The SMILES string of the molecule is c1ccc2c(c1)nnn2Cc1nc2ccccc2n1CCN1CCCCCC1. The van der Waals surface area contributed by atoms with E-state index in [-0.39, 0.29) is 0 Å². The molecular formula is C22H26N6. The van der Waals surface area contributed by atoms with Crippen LogP contribution in [0.3, 0.4) is 0 Å². The molecule has 0 spiro atoms. The first kappa shape index (κ1) is 17.4. The van der Waals surface area contributed by atoms with Crippen molar-refractivity contribution in [2.24, 2.45) is 0 Å². The highest BCUT2D eigenvalue weighted by Crippen LogP contribution is 2.19. The van der Waals surface area contributed by atoms with E-state index in [1.165, 1.54) is 44.3 Å². The van der Waals surface area contributed by atoms with E-state index in [4.69, 9.17) is 4.98 Å². The Kier molecular flexibility index (Phi) is 4.79. The van der Waals surface area contributed by atoms with Gasteiger partial charge in [-0.2, -0.15) is 0 Å². The number of rotatable bonds is 5. The van der Waals surface area contributed by atoms with Gasteiger partial charge in [-0.25, -0.2) is 9.67 Å². The molecule has 1 aliphatic heterocycles. The van der Waals surface area contributed by atoms with Gasteiger partial charge in [0.15, 0.2) is 0 Å². The van der Waals surface area contributed by atoms with Gasteiger partial charge in [0.25, 0.3) is 0 Å². The van der Waals surface area contributed by atoms with Crippen molar-refractivity contribution >= 4 is 22.1 Å². The molecule has 6 heteroatoms. The van der Waals surface area contributed by atoms with Crippen molar-refractivity contribution < 1.29 is 0 Å². The summed E-state index contributed by atoms with van der Waals surface area (Å²) in [7, 11) is 0. The number of hydrogen-bond acceptors (Lipinski definition) is 4. The summed E-state index contributed by atoms with van der Waals surface area (Å²) in [6.07, 6.45) is 5.38. The van der Waals surface area contributed by atoms with Crippen molar-refractivity contribution in [3.63, 3.8) is 0 Å². The van der Waals surface area contributed by atoms with Gasteiger partial charge in [0.2, 0.25) is 0 Å². The van der Waals surface area contributed by atoms with Gasteiger partial charge in [0.05, 0.1) is 16.6 Å². The molecule has 28 heavy (non-hydrogen) atoms. The third kappa shape index (κ3) is 3.40. The van der Waals surface area contributed by atoms with E-state index in [0.717, 1.165) is 35.5 Å². The second-order valence-corrected chi connectivity index (χ2v) is 7.66. The number of para-hydroxylation sites is 3. The predicted octanol–water partition coefficient (Wildman–Crippen LogP) is 3.71. The average molecular weight is 374 g/mol. The molecule has 5 rings (SSSR count). The number of aromatic nitrogens is 5. The molecule has 6 nitrogen and oxygen atoms in total. The van der Waals surface area contributed by atoms with Crippen LogP contribution in [-0.4, -0.2) is 49.1 Å². The molecule has 1 fully saturated rings. The Balaban J connectivity index is 1.45. The molecule has 0 amide bonds. The Morgan fingerprint density at radius 3 is 2.29 bits per heavy atom. The van der Waals surface area contributed by atoms with Crippen molar-refractivity contribution in [1.29, 1.82) is 0 Å². The second-order valence-electron chi connectivity index (χ2n) is 7.66. The lowest BCUT2D eigenvalue weighted by atomic mass is 10.2. The lowest BCUT2D eigenvalue weighted by molar-refractivity contribution is 0.273. The van der Waals surface area contributed by atoms with Crippen LogP contribution in [0.5, 0.6) is 0 Å². The summed E-state index contributed by atoms with van der Waals surface area (Å²) in [5, 5.41) is 8.66. The first-order valence-electron chi connectivity index (χ1n) is 10.3. The predicted molar refractivity (Wildman–Crippen MR) is 111 cm³/mol. The lowest BCUT2D eigenvalue weighted by Crippen LogP contribution is -2.29. The minimum atomic E-state index is 0.634. The smallest absolute Gasteiger partial charge is 0.131 e. The first-order valence-corrected chi connectivity index (χ1v) is 10.3. The molecule has 3 heterocycles. The highest BCUT2D eigenvalue weighted by molar-refractivity contribution is 5.76. The maximum Gasteiger partial charge on any atom is 0.131 e. The normalized spacial score (nSPS) is 16.0. The van der Waals surface area contributed by atoms with Crippen LogP contribution in [0.15, 0.2) is 48.5 Å². The van der Waals surface area contributed by atoms with E-state index in [1.807, 2.05) is 22.9 Å². The maximum absolute atomic E-state index is 4.93. The summed E-state index contributed by atoms with van der Waals surface area (Å²) < 4.78 is 4.33. The molecule has 0 bridgehead atoms. The van der Waals surface area contributed by atoms with Gasteiger partial charge in [-0.1, -0.05) is 42.3 Å². The zero-order chi connectivity index (χ0) is 18.8. The Bertz CT molecular complexity index is 1070. The molecule has 4 aromatic rings. The first-order chi connectivity index (χ1) is 13.9. The summed E-state index contributed by atoms with van der Waals surface area (Å²) in [4.78, 5) is 7.54.